The number of aromatic nitrogens is 1. The molecule has 0 aliphatic heterocycles. The van der Waals surface area contributed by atoms with Crippen molar-refractivity contribution in [2.75, 3.05) is 32.7 Å². The van der Waals surface area contributed by atoms with Crippen LogP contribution in [0, 0.1) is 6.92 Å². The lowest BCUT2D eigenvalue weighted by atomic mass is 10.2. The zero-order chi connectivity index (χ0) is 15.8. The standard InChI is InChI=1S/C16H27N3O2/c1-5-18(6-2)9-8-10-19(7-3)16(21)14-12-17-13(4)11-15(14)20/h11-12H,5-10H2,1-4H3,(H,17,20). The molecular formula is C16H27N3O2. The first kappa shape index (κ1) is 17.4. The van der Waals surface area contributed by atoms with Crippen LogP contribution in [-0.4, -0.2) is 53.4 Å². The van der Waals surface area contributed by atoms with Crippen LogP contribution in [0.5, 0.6) is 0 Å². The van der Waals surface area contributed by atoms with Gasteiger partial charge >= 0.3 is 0 Å². The van der Waals surface area contributed by atoms with E-state index in [1.165, 1.54) is 12.3 Å². The quantitative estimate of drug-likeness (QED) is 0.796. The van der Waals surface area contributed by atoms with Gasteiger partial charge in [-0.3, -0.25) is 9.59 Å². The maximum atomic E-state index is 12.4. The van der Waals surface area contributed by atoms with Crippen molar-refractivity contribution in [3.05, 3.63) is 33.7 Å². The van der Waals surface area contributed by atoms with Crippen LogP contribution in [0.15, 0.2) is 17.1 Å². The van der Waals surface area contributed by atoms with Gasteiger partial charge in [-0.25, -0.2) is 0 Å². The van der Waals surface area contributed by atoms with E-state index < -0.39 is 0 Å². The zero-order valence-corrected chi connectivity index (χ0v) is 13.6. The van der Waals surface area contributed by atoms with E-state index in [-0.39, 0.29) is 16.9 Å². The number of hydrogen-bond acceptors (Lipinski definition) is 3. The smallest absolute Gasteiger partial charge is 0.259 e. The molecule has 5 nitrogen and oxygen atoms in total. The van der Waals surface area contributed by atoms with Gasteiger partial charge in [-0.2, -0.15) is 0 Å². The molecule has 0 aromatic carbocycles. The first-order valence-corrected chi connectivity index (χ1v) is 7.74. The third kappa shape index (κ3) is 5.01. The van der Waals surface area contributed by atoms with Crippen LogP contribution in [-0.2, 0) is 0 Å². The molecule has 0 atom stereocenters. The minimum Gasteiger partial charge on any atom is -0.364 e. The molecule has 1 rings (SSSR count). The first-order chi connectivity index (χ1) is 10.0. The van der Waals surface area contributed by atoms with Gasteiger partial charge in [0, 0.05) is 31.0 Å². The van der Waals surface area contributed by atoms with Crippen molar-refractivity contribution < 1.29 is 4.79 Å². The van der Waals surface area contributed by atoms with Gasteiger partial charge in [0.2, 0.25) is 0 Å². The van der Waals surface area contributed by atoms with Crippen molar-refractivity contribution in [2.24, 2.45) is 0 Å². The Labute approximate surface area is 127 Å². The Bertz CT molecular complexity index is 506. The summed E-state index contributed by atoms with van der Waals surface area (Å²) in [5.74, 6) is -0.182. The molecule has 0 aliphatic carbocycles. The molecule has 118 valence electrons. The van der Waals surface area contributed by atoms with E-state index in [1.54, 1.807) is 11.8 Å². The molecule has 0 radical (unpaired) electrons. The highest BCUT2D eigenvalue weighted by atomic mass is 16.2. The number of H-pyrrole nitrogens is 1. The summed E-state index contributed by atoms with van der Waals surface area (Å²) in [6.07, 6.45) is 2.44. The van der Waals surface area contributed by atoms with Gasteiger partial charge in [0.1, 0.15) is 5.56 Å². The lowest BCUT2D eigenvalue weighted by molar-refractivity contribution is 0.0755. The molecule has 0 aliphatic rings. The van der Waals surface area contributed by atoms with E-state index in [1.807, 2.05) is 6.92 Å². The monoisotopic (exact) mass is 293 g/mol. The number of hydrogen-bond donors (Lipinski definition) is 1. The van der Waals surface area contributed by atoms with E-state index >= 15 is 0 Å². The summed E-state index contributed by atoms with van der Waals surface area (Å²) in [6.45, 7) is 12.3. The highest BCUT2D eigenvalue weighted by Crippen LogP contribution is 2.02. The largest absolute Gasteiger partial charge is 0.364 e. The van der Waals surface area contributed by atoms with E-state index in [4.69, 9.17) is 0 Å². The Morgan fingerprint density at radius 1 is 1.14 bits per heavy atom. The fourth-order valence-electron chi connectivity index (χ4n) is 2.34. The van der Waals surface area contributed by atoms with Gasteiger partial charge in [-0.1, -0.05) is 13.8 Å². The topological polar surface area (TPSA) is 56.4 Å². The second-order valence-corrected chi connectivity index (χ2v) is 5.16. The predicted octanol–water partition coefficient (Wildman–Crippen LogP) is 1.88. The average Bonchev–Trinajstić information content (AvgIpc) is 2.47. The van der Waals surface area contributed by atoms with Crippen LogP contribution in [0.3, 0.4) is 0 Å². The normalized spacial score (nSPS) is 10.9. The number of pyridine rings is 1. The summed E-state index contributed by atoms with van der Waals surface area (Å²) in [5, 5.41) is 0. The molecular weight excluding hydrogens is 266 g/mol. The Morgan fingerprint density at radius 3 is 2.33 bits per heavy atom. The fourth-order valence-corrected chi connectivity index (χ4v) is 2.34. The van der Waals surface area contributed by atoms with Crippen molar-refractivity contribution >= 4 is 5.91 Å². The molecule has 5 heteroatoms. The van der Waals surface area contributed by atoms with Crippen LogP contribution < -0.4 is 5.43 Å². The molecule has 1 aromatic rings. The molecule has 0 saturated carbocycles. The number of aromatic amines is 1. The summed E-state index contributed by atoms with van der Waals surface area (Å²) in [5.41, 5.74) is 0.782. The predicted molar refractivity (Wildman–Crippen MR) is 85.8 cm³/mol. The molecule has 0 spiro atoms. The average molecular weight is 293 g/mol. The Morgan fingerprint density at radius 2 is 1.81 bits per heavy atom. The lowest BCUT2D eigenvalue weighted by Gasteiger charge is -2.23. The third-order valence-corrected chi connectivity index (χ3v) is 3.75. The first-order valence-electron chi connectivity index (χ1n) is 7.74. The highest BCUT2D eigenvalue weighted by Gasteiger charge is 2.17. The molecule has 0 fully saturated rings. The summed E-state index contributed by atoms with van der Waals surface area (Å²) in [6, 6.07) is 1.47. The molecule has 0 bridgehead atoms. The maximum absolute atomic E-state index is 12.4. The van der Waals surface area contributed by atoms with Crippen LogP contribution >= 0.6 is 0 Å². The number of carbonyl (C=O) groups excluding carboxylic acids is 1. The van der Waals surface area contributed by atoms with Crippen LogP contribution in [0.1, 0.15) is 43.2 Å². The number of carbonyl (C=O) groups is 1. The number of nitrogens with one attached hydrogen (secondary N) is 1. The van der Waals surface area contributed by atoms with Gasteiger partial charge in [-0.05, 0) is 39.9 Å². The highest BCUT2D eigenvalue weighted by molar-refractivity contribution is 5.93. The SMILES string of the molecule is CCN(CC)CCCN(CC)C(=O)c1c[nH]c(C)cc1=O. The van der Waals surface area contributed by atoms with Crippen LogP contribution in [0.25, 0.3) is 0 Å². The second-order valence-electron chi connectivity index (χ2n) is 5.16. The molecule has 1 heterocycles. The number of rotatable bonds is 8. The van der Waals surface area contributed by atoms with E-state index in [9.17, 15) is 9.59 Å². The van der Waals surface area contributed by atoms with Gasteiger partial charge in [0.05, 0.1) is 0 Å². The Balaban J connectivity index is 2.67. The molecule has 1 amide bonds. The fraction of sp³-hybridized carbons (Fsp3) is 0.625. The van der Waals surface area contributed by atoms with Crippen molar-refractivity contribution in [1.29, 1.82) is 0 Å². The number of amides is 1. The van der Waals surface area contributed by atoms with E-state index in [0.717, 1.165) is 31.7 Å². The number of nitrogens with zero attached hydrogens (tertiary/aromatic N) is 2. The van der Waals surface area contributed by atoms with Crippen molar-refractivity contribution in [1.82, 2.24) is 14.8 Å². The van der Waals surface area contributed by atoms with Crippen molar-refractivity contribution in [3.8, 4) is 0 Å². The van der Waals surface area contributed by atoms with Gasteiger partial charge < -0.3 is 14.8 Å². The van der Waals surface area contributed by atoms with Gasteiger partial charge in [-0.15, -0.1) is 0 Å². The molecule has 1 aromatic heterocycles. The number of aryl methyl sites for hydroxylation is 1. The van der Waals surface area contributed by atoms with E-state index in [2.05, 4.69) is 23.7 Å². The van der Waals surface area contributed by atoms with E-state index in [0.29, 0.717) is 13.1 Å². The van der Waals surface area contributed by atoms with Gasteiger partial charge in [0.15, 0.2) is 5.43 Å². The van der Waals surface area contributed by atoms with Crippen molar-refractivity contribution in [3.63, 3.8) is 0 Å². The zero-order valence-electron chi connectivity index (χ0n) is 13.6. The third-order valence-electron chi connectivity index (χ3n) is 3.75. The Kier molecular flexibility index (Phi) is 7.15. The van der Waals surface area contributed by atoms with Crippen LogP contribution in [0.2, 0.25) is 0 Å². The molecule has 1 N–H and O–H groups in total. The minimum absolute atomic E-state index is 0.182. The van der Waals surface area contributed by atoms with Crippen molar-refractivity contribution in [2.45, 2.75) is 34.1 Å². The summed E-state index contributed by atoms with van der Waals surface area (Å²) >= 11 is 0. The summed E-state index contributed by atoms with van der Waals surface area (Å²) in [7, 11) is 0. The molecule has 0 unspecified atom stereocenters. The summed E-state index contributed by atoms with van der Waals surface area (Å²) < 4.78 is 0. The second kappa shape index (κ2) is 8.62. The van der Waals surface area contributed by atoms with Gasteiger partial charge in [0.25, 0.3) is 5.91 Å². The lowest BCUT2D eigenvalue weighted by Crippen LogP contribution is -2.36. The molecule has 0 saturated heterocycles. The Hall–Kier alpha value is -1.62. The molecule has 21 heavy (non-hydrogen) atoms. The minimum atomic E-state index is -0.210. The maximum Gasteiger partial charge on any atom is 0.259 e. The van der Waals surface area contributed by atoms with Crippen LogP contribution in [0.4, 0.5) is 0 Å². The summed E-state index contributed by atoms with van der Waals surface area (Å²) in [4.78, 5) is 31.3.